The summed E-state index contributed by atoms with van der Waals surface area (Å²) in [6.07, 6.45) is -4.19. The van der Waals surface area contributed by atoms with Crippen LogP contribution in [0.4, 0.5) is 0 Å². The van der Waals surface area contributed by atoms with Crippen molar-refractivity contribution < 1.29 is 73.4 Å². The van der Waals surface area contributed by atoms with E-state index in [1.165, 1.54) is 67.6 Å². The number of rotatable bonds is 8. The van der Waals surface area contributed by atoms with Gasteiger partial charge in [0, 0.05) is 5.56 Å². The van der Waals surface area contributed by atoms with Crippen LogP contribution in [-0.2, 0) is 38.4 Å². The summed E-state index contributed by atoms with van der Waals surface area (Å²) in [6, 6.07) is 4.60. The number of ether oxygens (including phenoxy) is 2. The molecule has 9 atom stereocenters. The monoisotopic (exact) mass is 1200 g/mol. The van der Waals surface area contributed by atoms with Crippen molar-refractivity contribution in [3.63, 3.8) is 0 Å². The Morgan fingerprint density at radius 3 is 1.77 bits per heavy atom. The van der Waals surface area contributed by atoms with Crippen molar-refractivity contribution in [3.8, 4) is 51.4 Å². The summed E-state index contributed by atoms with van der Waals surface area (Å²) in [5.41, 5.74) is 6.24. The number of aryl methyl sites for hydroxylation is 2. The van der Waals surface area contributed by atoms with E-state index in [0.717, 1.165) is 12.1 Å². The van der Waals surface area contributed by atoms with Crippen molar-refractivity contribution in [3.05, 3.63) is 123 Å². The Balaban J connectivity index is 1.37. The standard InChI is InChI=1S/C58H63N8O15.Rb/c1-24(2)15-37(66(7)8)54(75)64-48-51(72)30-10-13-40(25(3)16-30)80-42-19-32-20-43(28(42)6)81-41-14-11-31(17-26(41)4)52(73)49-58(79)61-36(23-67)33-21-39(69)27(5)50(71)45(33)34-18-29(9-12-38(34)68)46(55(76)65-49)63-56(77)47(32)62-53(74)35(22-44(59)70)60-57(48)78;/h9-14,16-21,24,35-37,46-49,51-52,68-69,71-73H,15,22H2,1-8H3,(H2,59,70)(H,60,78)(H,61,79)(H,62,74)(H,63,77)(H,64,75)(H,65,76);/t35-,36-,37+,46+,47+,48+,49-,51+,52+;/m0./s1. The number of hydrogen-bond acceptors (Lipinski definition) is 16. The minimum atomic E-state index is -1.95. The van der Waals surface area contributed by atoms with E-state index >= 15 is 9.59 Å². The molecule has 0 spiro atoms. The van der Waals surface area contributed by atoms with E-state index < -0.39 is 174 Å². The molecular formula is C58H63N8O15Rb. The quantitative estimate of drug-likeness (QED) is 0.106. The third-order valence-electron chi connectivity index (χ3n) is 14.9. The van der Waals surface area contributed by atoms with Crippen LogP contribution < -0.4 is 47.1 Å². The number of carbonyl (C=O) groups excluding carboxylic acids is 8. The molecule has 23 nitrogen and oxygen atoms in total. The van der Waals surface area contributed by atoms with Crippen LogP contribution in [0.2, 0.25) is 0 Å². The van der Waals surface area contributed by atoms with Gasteiger partial charge in [0.2, 0.25) is 23.6 Å². The number of carbonyl (C=O) groups is 8. The number of aliphatic hydroxyl groups excluding tert-OH is 2. The Bertz CT molecular complexity index is 3460. The average Bonchev–Trinajstić information content (AvgIpc) is 3.61. The molecule has 24 heteroatoms. The van der Waals surface area contributed by atoms with Gasteiger partial charge in [-0.2, -0.15) is 0 Å². The number of hydrogen-bond donors (Lipinski definition) is 12. The molecule has 5 aromatic carbocycles. The molecule has 5 aliphatic rings. The summed E-state index contributed by atoms with van der Waals surface area (Å²) in [7, 11) is 3.35. The first-order valence-corrected chi connectivity index (χ1v) is 28.8. The van der Waals surface area contributed by atoms with Crippen molar-refractivity contribution in [2.75, 3.05) is 14.1 Å². The van der Waals surface area contributed by atoms with Crippen molar-refractivity contribution in [2.45, 2.75) is 109 Å². The fraction of sp³-hybridized carbons (Fsp3) is 0.345. The van der Waals surface area contributed by atoms with E-state index in [2.05, 4.69) is 31.9 Å². The number of nitrogens with zero attached hydrogens (tertiary/aromatic N) is 1. The van der Waals surface area contributed by atoms with Crippen LogP contribution in [0.3, 0.4) is 0 Å². The number of phenols is 3. The van der Waals surface area contributed by atoms with Crippen molar-refractivity contribution in [1.29, 1.82) is 0 Å². The van der Waals surface area contributed by atoms with Crippen LogP contribution in [0.5, 0.6) is 40.2 Å². The van der Waals surface area contributed by atoms with Gasteiger partial charge in [-0.1, -0.05) is 19.9 Å². The third-order valence-corrected chi connectivity index (χ3v) is 16.3. The van der Waals surface area contributed by atoms with Gasteiger partial charge in [0.05, 0.1) is 12.5 Å². The van der Waals surface area contributed by atoms with Gasteiger partial charge in [-0.3, -0.25) is 24.1 Å². The van der Waals surface area contributed by atoms with Crippen molar-refractivity contribution >= 4 is 95.7 Å². The first-order valence-electron chi connectivity index (χ1n) is 26.4. The minimum absolute atomic E-state index is 0.0192. The number of nitrogens with one attached hydrogen (secondary N) is 6. The summed E-state index contributed by atoms with van der Waals surface area (Å²) in [6.45, 7) is 10.1. The molecule has 0 fully saturated rings. The fourth-order valence-electron chi connectivity index (χ4n) is 10.3. The molecular weight excluding hydrogens is 1130 g/mol. The molecule has 426 valence electrons. The topological polar surface area (TPSA) is 358 Å². The molecule has 82 heavy (non-hydrogen) atoms. The summed E-state index contributed by atoms with van der Waals surface area (Å²) < 4.78 is 12.6. The zero-order valence-corrected chi connectivity index (χ0v) is 51.4. The molecule has 7 amide bonds. The number of benzene rings is 5. The van der Waals surface area contributed by atoms with Crippen LogP contribution in [-0.4, -0.2) is 164 Å². The van der Waals surface area contributed by atoms with Gasteiger partial charge in [0.25, 0.3) is 0 Å². The zero-order chi connectivity index (χ0) is 59.9. The zero-order valence-electron chi connectivity index (χ0n) is 46.5. The average molecular weight is 1200 g/mol. The van der Waals surface area contributed by atoms with Crippen LogP contribution in [0.1, 0.15) is 107 Å². The number of nitrogens with two attached hydrogens (primary N) is 1. The van der Waals surface area contributed by atoms with Gasteiger partial charge in [-0.05, 0) is 75.7 Å². The predicted octanol–water partition coefficient (Wildman–Crippen LogP) is 2.57. The number of primary amides is 1. The SMILES string of the molecule is Cc1cc2ccc1Oc1cc3cc(c1C)Oc1ccc(cc1C)[C@@H](O)[C@@H](NC(=O)[C@@H](CC(C)C)N(C)C)C(=O)N[C@@H](CC(N)=O)C(=O)N[C@H]3C(=O)N[C@H]1C(=O)N[C@H](C(=O)N[C@@H]([C](=O)[Rb])c3cc(O)c(C)c(O)c3-c3cc1ccc3O)[C@@H]2O. The second-order valence-corrected chi connectivity index (χ2v) is 24.1. The Morgan fingerprint density at radius 2 is 1.21 bits per heavy atom. The van der Waals surface area contributed by atoms with Gasteiger partial charge in [-0.15, -0.1) is 0 Å². The third kappa shape index (κ3) is 12.7. The van der Waals surface area contributed by atoms with Gasteiger partial charge in [0.1, 0.15) is 29.7 Å². The summed E-state index contributed by atoms with van der Waals surface area (Å²) >= 11 is -0.886. The maximum absolute atomic E-state index is 15.6. The number of likely N-dealkylation sites (N-methyl/N-ethyl adjacent to an activating group) is 1. The molecule has 0 aliphatic carbocycles. The molecule has 0 saturated heterocycles. The molecule has 5 aromatic rings. The Kier molecular flexibility index (Phi) is 18.3. The predicted molar refractivity (Wildman–Crippen MR) is 295 cm³/mol. The van der Waals surface area contributed by atoms with E-state index in [9.17, 15) is 54.3 Å². The molecule has 0 saturated carbocycles. The molecule has 11 bridgehead atoms. The van der Waals surface area contributed by atoms with E-state index in [1.54, 1.807) is 39.8 Å². The van der Waals surface area contributed by atoms with Crippen molar-refractivity contribution in [1.82, 2.24) is 36.8 Å². The maximum atomic E-state index is 15.6. The number of aromatic hydroxyl groups is 3. The molecule has 0 unspecified atom stereocenters. The Hall–Kier alpha value is -7.25. The van der Waals surface area contributed by atoms with Crippen LogP contribution in [0.15, 0.2) is 72.8 Å². The van der Waals surface area contributed by atoms with E-state index in [1.807, 2.05) is 13.8 Å². The van der Waals surface area contributed by atoms with Gasteiger partial charge < -0.3 is 26.2 Å². The molecule has 0 radical (unpaired) electrons. The second-order valence-electron chi connectivity index (χ2n) is 21.6. The fourth-order valence-corrected chi connectivity index (χ4v) is 11.4. The summed E-state index contributed by atoms with van der Waals surface area (Å²) in [5.74, 6) is -8.57. The Morgan fingerprint density at radius 1 is 0.646 bits per heavy atom. The molecule has 5 aliphatic heterocycles. The van der Waals surface area contributed by atoms with E-state index in [4.69, 9.17) is 15.2 Å². The molecule has 5 heterocycles. The Labute approximate surface area is 510 Å². The number of fused-ring (bicyclic) bond motifs is 15. The molecule has 13 N–H and O–H groups in total. The number of phenolic OH excluding ortho intramolecular Hbond substituents is 3. The van der Waals surface area contributed by atoms with Gasteiger partial charge >= 0.3 is 298 Å². The van der Waals surface area contributed by atoms with Crippen molar-refractivity contribution in [2.24, 2.45) is 11.7 Å². The summed E-state index contributed by atoms with van der Waals surface area (Å²) in [5, 5.41) is 74.2. The van der Waals surface area contributed by atoms with Crippen LogP contribution in [0, 0.1) is 33.6 Å². The number of amides is 7. The second kappa shape index (κ2) is 24.7. The first kappa shape index (κ1) is 60.8. The summed E-state index contributed by atoms with van der Waals surface area (Å²) in [4.78, 5) is 117. The number of aliphatic hydroxyl groups is 2. The molecule has 10 rings (SSSR count). The first-order chi connectivity index (χ1) is 38.6. The van der Waals surface area contributed by atoms with Crippen LogP contribution >= 0.6 is 0 Å². The van der Waals surface area contributed by atoms with Gasteiger partial charge in [-0.25, -0.2) is 0 Å². The molecule has 0 aromatic heterocycles. The van der Waals surface area contributed by atoms with E-state index in [0.29, 0.717) is 23.1 Å². The van der Waals surface area contributed by atoms with Crippen LogP contribution in [0.25, 0.3) is 11.1 Å². The van der Waals surface area contributed by atoms with Gasteiger partial charge in [0.15, 0.2) is 0 Å². The normalized spacial score (nSPS) is 22.3. The van der Waals surface area contributed by atoms with E-state index in [-0.39, 0.29) is 73.4 Å².